The lowest BCUT2D eigenvalue weighted by Gasteiger charge is -2.03. The summed E-state index contributed by atoms with van der Waals surface area (Å²) in [6, 6.07) is 18.0. The van der Waals surface area contributed by atoms with E-state index >= 15 is 0 Å². The Morgan fingerprint density at radius 1 is 1.07 bits per heavy atom. The fourth-order valence-electron chi connectivity index (χ4n) is 2.38. The van der Waals surface area contributed by atoms with E-state index in [4.69, 9.17) is 4.42 Å². The number of hydrogen-bond acceptors (Lipinski definition) is 7. The molecule has 0 aliphatic rings. The van der Waals surface area contributed by atoms with E-state index in [1.165, 1.54) is 42.2 Å². The molecule has 2 amide bonds. The van der Waals surface area contributed by atoms with Crippen LogP contribution in [0.5, 0.6) is 0 Å². The number of nitro groups is 1. The average Bonchev–Trinajstić information content (AvgIpc) is 3.20. The fraction of sp³-hybridized carbons (Fsp3) is 0.0500. The molecule has 0 saturated heterocycles. The van der Waals surface area contributed by atoms with Crippen LogP contribution < -0.4 is 10.7 Å². The molecular weight excluding hydrogens is 408 g/mol. The van der Waals surface area contributed by atoms with Crippen LogP contribution in [0.25, 0.3) is 0 Å². The van der Waals surface area contributed by atoms with Crippen molar-refractivity contribution in [1.29, 1.82) is 0 Å². The smallest absolute Gasteiger partial charge is 0.282 e. The first kappa shape index (κ1) is 20.8. The minimum atomic E-state index is -0.711. The predicted molar refractivity (Wildman–Crippen MR) is 113 cm³/mol. The second-order valence-corrected chi connectivity index (χ2v) is 6.81. The molecule has 0 fully saturated rings. The summed E-state index contributed by atoms with van der Waals surface area (Å²) >= 11 is 1.21. The van der Waals surface area contributed by atoms with Gasteiger partial charge in [-0.3, -0.25) is 19.7 Å². The summed E-state index contributed by atoms with van der Waals surface area (Å²) in [5.74, 6) is -0.372. The van der Waals surface area contributed by atoms with E-state index in [2.05, 4.69) is 15.8 Å². The van der Waals surface area contributed by atoms with Crippen LogP contribution in [0.15, 0.2) is 81.3 Å². The maximum Gasteiger partial charge on any atom is 0.282 e. The number of nitro benzene ring substituents is 1. The van der Waals surface area contributed by atoms with Gasteiger partial charge in [0.2, 0.25) is 5.91 Å². The van der Waals surface area contributed by atoms with E-state index in [0.29, 0.717) is 16.5 Å². The van der Waals surface area contributed by atoms with E-state index < -0.39 is 10.8 Å². The highest BCUT2D eigenvalue weighted by atomic mass is 32.2. The monoisotopic (exact) mass is 424 g/mol. The Morgan fingerprint density at radius 3 is 2.57 bits per heavy atom. The fourth-order valence-corrected chi connectivity index (χ4v) is 3.04. The number of carbonyl (C=O) groups is 2. The number of rotatable bonds is 8. The first-order valence-corrected chi connectivity index (χ1v) is 9.66. The van der Waals surface area contributed by atoms with Crippen molar-refractivity contribution in [2.24, 2.45) is 5.10 Å². The Labute approximate surface area is 175 Å². The van der Waals surface area contributed by atoms with Gasteiger partial charge in [-0.25, -0.2) is 5.43 Å². The van der Waals surface area contributed by atoms with Gasteiger partial charge in [-0.1, -0.05) is 42.1 Å². The zero-order chi connectivity index (χ0) is 21.3. The number of amides is 2. The third-order valence-electron chi connectivity index (χ3n) is 3.71. The second-order valence-electron chi connectivity index (χ2n) is 5.83. The van der Waals surface area contributed by atoms with Crippen molar-refractivity contribution in [3.05, 3.63) is 88.2 Å². The van der Waals surface area contributed by atoms with Crippen LogP contribution in [0, 0.1) is 10.1 Å². The molecule has 3 aromatic rings. The van der Waals surface area contributed by atoms with Crippen molar-refractivity contribution in [3.63, 3.8) is 0 Å². The number of hydrogen-bond donors (Lipinski definition) is 2. The lowest BCUT2D eigenvalue weighted by molar-refractivity contribution is -0.385. The Hall–Kier alpha value is -3.92. The molecule has 0 atom stereocenters. The summed E-state index contributed by atoms with van der Waals surface area (Å²) in [5.41, 5.74) is 2.53. The van der Waals surface area contributed by atoms with E-state index in [1.54, 1.807) is 24.3 Å². The molecule has 9 nitrogen and oxygen atoms in total. The number of nitrogens with one attached hydrogen (secondary N) is 2. The molecule has 2 N–H and O–H groups in total. The SMILES string of the molecule is O=C(CSc1ccc(/C=N/NC(=O)c2ccccc2[N+](=O)[O-])o1)Nc1ccccc1. The normalized spacial score (nSPS) is 10.7. The van der Waals surface area contributed by atoms with Gasteiger partial charge >= 0.3 is 0 Å². The summed E-state index contributed by atoms with van der Waals surface area (Å²) in [7, 11) is 0. The summed E-state index contributed by atoms with van der Waals surface area (Å²) in [4.78, 5) is 34.4. The molecule has 3 rings (SSSR count). The molecule has 0 aliphatic heterocycles. The summed E-state index contributed by atoms with van der Waals surface area (Å²) < 4.78 is 5.51. The van der Waals surface area contributed by atoms with Gasteiger partial charge < -0.3 is 9.73 Å². The molecule has 152 valence electrons. The first-order valence-electron chi connectivity index (χ1n) is 8.67. The highest BCUT2D eigenvalue weighted by Gasteiger charge is 2.18. The molecule has 1 aromatic heterocycles. The van der Waals surface area contributed by atoms with Crippen molar-refractivity contribution >= 4 is 41.2 Å². The van der Waals surface area contributed by atoms with Crippen molar-refractivity contribution in [2.45, 2.75) is 5.09 Å². The van der Waals surface area contributed by atoms with Gasteiger partial charge in [0.25, 0.3) is 11.6 Å². The maximum atomic E-state index is 12.1. The van der Waals surface area contributed by atoms with Gasteiger partial charge in [0.15, 0.2) is 5.09 Å². The Kier molecular flexibility index (Phi) is 6.95. The predicted octanol–water partition coefficient (Wildman–Crippen LogP) is 3.68. The van der Waals surface area contributed by atoms with Crippen LogP contribution in [0.4, 0.5) is 11.4 Å². The minimum absolute atomic E-state index is 0.0974. The average molecular weight is 424 g/mol. The molecule has 0 spiro atoms. The van der Waals surface area contributed by atoms with E-state index in [-0.39, 0.29) is 22.9 Å². The van der Waals surface area contributed by atoms with Crippen LogP contribution in [0.1, 0.15) is 16.1 Å². The third kappa shape index (κ3) is 5.79. The molecular formula is C20H16N4O5S. The Bertz CT molecular complexity index is 1080. The van der Waals surface area contributed by atoms with Crippen molar-refractivity contribution in [2.75, 3.05) is 11.1 Å². The lowest BCUT2D eigenvalue weighted by Crippen LogP contribution is -2.18. The number of benzene rings is 2. The molecule has 10 heteroatoms. The molecule has 0 aliphatic carbocycles. The van der Waals surface area contributed by atoms with Gasteiger partial charge in [-0.05, 0) is 30.3 Å². The molecule has 0 unspecified atom stereocenters. The highest BCUT2D eigenvalue weighted by Crippen LogP contribution is 2.21. The molecule has 0 bridgehead atoms. The molecule has 30 heavy (non-hydrogen) atoms. The largest absolute Gasteiger partial charge is 0.449 e. The highest BCUT2D eigenvalue weighted by molar-refractivity contribution is 7.99. The van der Waals surface area contributed by atoms with Crippen LogP contribution in [-0.4, -0.2) is 28.7 Å². The first-order chi connectivity index (χ1) is 14.5. The zero-order valence-electron chi connectivity index (χ0n) is 15.5. The third-order valence-corrected chi connectivity index (χ3v) is 4.62. The number of thioether (sulfide) groups is 1. The van der Waals surface area contributed by atoms with Crippen LogP contribution in [0.3, 0.4) is 0 Å². The van der Waals surface area contributed by atoms with Crippen LogP contribution >= 0.6 is 11.8 Å². The zero-order valence-corrected chi connectivity index (χ0v) is 16.3. The van der Waals surface area contributed by atoms with Gasteiger partial charge in [0.1, 0.15) is 11.3 Å². The number of anilines is 1. The standard InChI is InChI=1S/C20H16N4O5S/c25-18(22-14-6-2-1-3-7-14)13-30-19-11-10-15(29-19)12-21-23-20(26)16-8-4-5-9-17(16)24(27)28/h1-12H,13H2,(H,22,25)(H,23,26)/b21-12+. The summed E-state index contributed by atoms with van der Waals surface area (Å²) in [6.07, 6.45) is 1.26. The van der Waals surface area contributed by atoms with Gasteiger partial charge in [0.05, 0.1) is 16.9 Å². The lowest BCUT2D eigenvalue weighted by atomic mass is 10.2. The number of carbonyl (C=O) groups excluding carboxylic acids is 2. The summed E-state index contributed by atoms with van der Waals surface area (Å²) in [6.45, 7) is 0. The van der Waals surface area contributed by atoms with Crippen molar-refractivity contribution < 1.29 is 18.9 Å². The van der Waals surface area contributed by atoms with Crippen molar-refractivity contribution in [1.82, 2.24) is 5.43 Å². The van der Waals surface area contributed by atoms with Crippen molar-refractivity contribution in [3.8, 4) is 0 Å². The van der Waals surface area contributed by atoms with Crippen LogP contribution in [0.2, 0.25) is 0 Å². The van der Waals surface area contributed by atoms with Gasteiger partial charge in [-0.2, -0.15) is 5.10 Å². The van der Waals surface area contributed by atoms with E-state index in [0.717, 1.165) is 0 Å². The number of hydrazone groups is 1. The van der Waals surface area contributed by atoms with Crippen LogP contribution in [-0.2, 0) is 4.79 Å². The van der Waals surface area contributed by atoms with E-state index in [9.17, 15) is 19.7 Å². The number of furan rings is 1. The molecule has 2 aromatic carbocycles. The Balaban J connectivity index is 1.50. The van der Waals surface area contributed by atoms with Gasteiger partial charge in [-0.15, -0.1) is 0 Å². The topological polar surface area (TPSA) is 127 Å². The molecule has 1 heterocycles. The van der Waals surface area contributed by atoms with Gasteiger partial charge in [0, 0.05) is 11.8 Å². The number of nitrogens with zero attached hydrogens (tertiary/aromatic N) is 2. The summed E-state index contributed by atoms with van der Waals surface area (Å²) in [5, 5.41) is 18.0. The number of para-hydroxylation sites is 2. The Morgan fingerprint density at radius 2 is 1.80 bits per heavy atom. The second kappa shape index (κ2) is 10.0. The maximum absolute atomic E-state index is 12.1. The quantitative estimate of drug-likeness (QED) is 0.246. The minimum Gasteiger partial charge on any atom is -0.449 e. The van der Waals surface area contributed by atoms with E-state index in [1.807, 2.05) is 18.2 Å². The molecule has 0 radical (unpaired) electrons. The molecule has 0 saturated carbocycles.